The Bertz CT molecular complexity index is 1310. The SMILES string of the molecule is CCOC(=O)c1ccc(NC(=O)CN(Cc2ccc(Cl)c(Cl)c2)S(=O)(=O)c2ccc(Cl)cc2)cc1. The average molecular weight is 556 g/mol. The Labute approximate surface area is 218 Å². The van der Waals surface area contributed by atoms with Crippen LogP contribution in [-0.2, 0) is 26.1 Å². The van der Waals surface area contributed by atoms with E-state index in [2.05, 4.69) is 5.32 Å². The lowest BCUT2D eigenvalue weighted by atomic mass is 10.2. The zero-order valence-electron chi connectivity index (χ0n) is 18.5. The van der Waals surface area contributed by atoms with Gasteiger partial charge in [-0.05, 0) is 73.2 Å². The summed E-state index contributed by atoms with van der Waals surface area (Å²) in [5.41, 5.74) is 1.27. The van der Waals surface area contributed by atoms with Gasteiger partial charge in [0.25, 0.3) is 0 Å². The summed E-state index contributed by atoms with van der Waals surface area (Å²) in [4.78, 5) is 24.6. The molecule has 0 radical (unpaired) electrons. The standard InChI is InChI=1S/C24H21Cl3N2O5S/c1-2-34-24(31)17-4-8-19(9-5-17)28-23(30)15-29(14-16-3-12-21(26)22(27)13-16)35(32,33)20-10-6-18(25)7-11-20/h3-13H,2,14-15H2,1H3,(H,28,30). The Morgan fingerprint density at radius 2 is 1.57 bits per heavy atom. The predicted octanol–water partition coefficient (Wildman–Crippen LogP) is 5.65. The second kappa shape index (κ2) is 11.9. The van der Waals surface area contributed by atoms with Crippen LogP contribution in [0.3, 0.4) is 0 Å². The van der Waals surface area contributed by atoms with Crippen molar-refractivity contribution in [2.24, 2.45) is 0 Å². The largest absolute Gasteiger partial charge is 0.462 e. The third-order valence-corrected chi connectivity index (χ3v) is 7.59. The van der Waals surface area contributed by atoms with Crippen LogP contribution in [0.4, 0.5) is 5.69 Å². The van der Waals surface area contributed by atoms with E-state index in [0.29, 0.717) is 26.9 Å². The van der Waals surface area contributed by atoms with Gasteiger partial charge >= 0.3 is 5.97 Å². The third kappa shape index (κ3) is 7.19. The van der Waals surface area contributed by atoms with Gasteiger partial charge in [0.1, 0.15) is 0 Å². The van der Waals surface area contributed by atoms with Gasteiger partial charge < -0.3 is 10.1 Å². The van der Waals surface area contributed by atoms with Crippen LogP contribution < -0.4 is 5.32 Å². The van der Waals surface area contributed by atoms with E-state index < -0.39 is 28.4 Å². The average Bonchev–Trinajstić information content (AvgIpc) is 2.82. The molecule has 3 aromatic carbocycles. The molecule has 0 unspecified atom stereocenters. The van der Waals surface area contributed by atoms with E-state index in [4.69, 9.17) is 39.5 Å². The highest BCUT2D eigenvalue weighted by Gasteiger charge is 2.27. The van der Waals surface area contributed by atoms with Crippen molar-refractivity contribution >= 4 is 62.4 Å². The first-order chi connectivity index (χ1) is 16.6. The summed E-state index contributed by atoms with van der Waals surface area (Å²) in [6.45, 7) is 1.34. The maximum atomic E-state index is 13.4. The van der Waals surface area contributed by atoms with Crippen LogP contribution in [0.5, 0.6) is 0 Å². The molecule has 0 heterocycles. The van der Waals surface area contributed by atoms with E-state index in [0.717, 1.165) is 4.31 Å². The summed E-state index contributed by atoms with van der Waals surface area (Å²) >= 11 is 18.0. The number of carbonyl (C=O) groups excluding carboxylic acids is 2. The summed E-state index contributed by atoms with van der Waals surface area (Å²) in [6, 6.07) is 16.4. The number of sulfonamides is 1. The summed E-state index contributed by atoms with van der Waals surface area (Å²) in [5.74, 6) is -1.06. The van der Waals surface area contributed by atoms with Crippen molar-refractivity contribution in [1.82, 2.24) is 4.31 Å². The Balaban J connectivity index is 1.83. The summed E-state index contributed by atoms with van der Waals surface area (Å²) in [5, 5.41) is 3.61. The maximum Gasteiger partial charge on any atom is 0.338 e. The Kier molecular flexibility index (Phi) is 9.15. The van der Waals surface area contributed by atoms with Crippen LogP contribution in [0, 0.1) is 0 Å². The molecule has 0 aliphatic heterocycles. The van der Waals surface area contributed by atoms with E-state index >= 15 is 0 Å². The first-order valence-corrected chi connectivity index (χ1v) is 12.9. The number of esters is 1. The third-order valence-electron chi connectivity index (χ3n) is 4.79. The molecule has 0 saturated carbocycles. The minimum absolute atomic E-state index is 0.0199. The lowest BCUT2D eigenvalue weighted by Gasteiger charge is -2.22. The van der Waals surface area contributed by atoms with Crippen molar-refractivity contribution in [3.63, 3.8) is 0 Å². The fourth-order valence-corrected chi connectivity index (χ4v) is 4.92. The highest BCUT2D eigenvalue weighted by Crippen LogP contribution is 2.25. The molecule has 3 rings (SSSR count). The molecule has 0 bridgehead atoms. The molecule has 1 amide bonds. The molecular formula is C24H21Cl3N2O5S. The molecule has 0 atom stereocenters. The minimum atomic E-state index is -4.07. The second-order valence-corrected chi connectivity index (χ2v) is 10.5. The summed E-state index contributed by atoms with van der Waals surface area (Å²) in [6.07, 6.45) is 0. The predicted molar refractivity (Wildman–Crippen MR) is 137 cm³/mol. The van der Waals surface area contributed by atoms with Gasteiger partial charge in [-0.2, -0.15) is 4.31 Å². The molecule has 0 saturated heterocycles. The smallest absolute Gasteiger partial charge is 0.338 e. The van der Waals surface area contributed by atoms with Gasteiger partial charge in [-0.15, -0.1) is 0 Å². The number of halogens is 3. The zero-order chi connectivity index (χ0) is 25.6. The monoisotopic (exact) mass is 554 g/mol. The fraction of sp³-hybridized carbons (Fsp3) is 0.167. The highest BCUT2D eigenvalue weighted by atomic mass is 35.5. The van der Waals surface area contributed by atoms with E-state index in [-0.39, 0.29) is 23.1 Å². The molecule has 0 aromatic heterocycles. The molecule has 1 N–H and O–H groups in total. The topological polar surface area (TPSA) is 92.8 Å². The Morgan fingerprint density at radius 3 is 2.17 bits per heavy atom. The number of anilines is 1. The molecule has 0 fully saturated rings. The number of hydrogen-bond donors (Lipinski definition) is 1. The second-order valence-electron chi connectivity index (χ2n) is 7.32. The maximum absolute atomic E-state index is 13.4. The Hall–Kier alpha value is -2.62. The summed E-state index contributed by atoms with van der Waals surface area (Å²) < 4.78 is 32.7. The Morgan fingerprint density at radius 1 is 0.914 bits per heavy atom. The number of benzene rings is 3. The minimum Gasteiger partial charge on any atom is -0.462 e. The number of rotatable bonds is 9. The van der Waals surface area contributed by atoms with Gasteiger partial charge in [-0.3, -0.25) is 4.79 Å². The van der Waals surface area contributed by atoms with E-state index in [1.807, 2.05) is 0 Å². The quantitative estimate of drug-likeness (QED) is 0.344. The zero-order valence-corrected chi connectivity index (χ0v) is 21.6. The van der Waals surface area contributed by atoms with Crippen LogP contribution in [0.2, 0.25) is 15.1 Å². The van der Waals surface area contributed by atoms with Crippen LogP contribution >= 0.6 is 34.8 Å². The molecule has 3 aromatic rings. The first kappa shape index (κ1) is 27.0. The molecular weight excluding hydrogens is 535 g/mol. The molecule has 0 aliphatic carbocycles. The number of nitrogens with one attached hydrogen (secondary N) is 1. The van der Waals surface area contributed by atoms with Crippen LogP contribution in [0.1, 0.15) is 22.8 Å². The number of nitrogens with zero attached hydrogens (tertiary/aromatic N) is 1. The molecule has 35 heavy (non-hydrogen) atoms. The van der Waals surface area contributed by atoms with Crippen molar-refractivity contribution in [3.8, 4) is 0 Å². The molecule has 0 spiro atoms. The van der Waals surface area contributed by atoms with Gasteiger partial charge in [-0.25, -0.2) is 13.2 Å². The van der Waals surface area contributed by atoms with Crippen molar-refractivity contribution in [3.05, 3.63) is 92.9 Å². The molecule has 11 heteroatoms. The number of ether oxygens (including phenoxy) is 1. The first-order valence-electron chi connectivity index (χ1n) is 10.4. The lowest BCUT2D eigenvalue weighted by Crippen LogP contribution is -2.37. The number of hydrogen-bond acceptors (Lipinski definition) is 5. The normalized spacial score (nSPS) is 11.3. The number of carbonyl (C=O) groups is 2. The van der Waals surface area contributed by atoms with E-state index in [1.54, 1.807) is 25.1 Å². The highest BCUT2D eigenvalue weighted by molar-refractivity contribution is 7.89. The van der Waals surface area contributed by atoms with Gasteiger partial charge in [0.05, 0.1) is 33.7 Å². The van der Waals surface area contributed by atoms with E-state index in [9.17, 15) is 18.0 Å². The van der Waals surface area contributed by atoms with Crippen molar-refractivity contribution in [2.75, 3.05) is 18.5 Å². The summed E-state index contributed by atoms with van der Waals surface area (Å²) in [7, 11) is -4.07. The van der Waals surface area contributed by atoms with Crippen LogP contribution in [0.25, 0.3) is 0 Å². The van der Waals surface area contributed by atoms with Gasteiger partial charge in [0, 0.05) is 17.3 Å². The number of amides is 1. The van der Waals surface area contributed by atoms with Crippen molar-refractivity contribution < 1.29 is 22.7 Å². The molecule has 184 valence electrons. The molecule has 0 aliphatic rings. The van der Waals surface area contributed by atoms with Crippen molar-refractivity contribution in [1.29, 1.82) is 0 Å². The van der Waals surface area contributed by atoms with Gasteiger partial charge in [0.2, 0.25) is 15.9 Å². The van der Waals surface area contributed by atoms with Crippen LogP contribution in [-0.4, -0.2) is 37.8 Å². The van der Waals surface area contributed by atoms with E-state index in [1.165, 1.54) is 48.5 Å². The lowest BCUT2D eigenvalue weighted by molar-refractivity contribution is -0.116. The molecule has 7 nitrogen and oxygen atoms in total. The van der Waals surface area contributed by atoms with Gasteiger partial charge in [-0.1, -0.05) is 40.9 Å². The fourth-order valence-electron chi connectivity index (χ4n) is 3.09. The van der Waals surface area contributed by atoms with Crippen molar-refractivity contribution in [2.45, 2.75) is 18.4 Å². The van der Waals surface area contributed by atoms with Crippen LogP contribution in [0.15, 0.2) is 71.6 Å². The van der Waals surface area contributed by atoms with Gasteiger partial charge in [0.15, 0.2) is 0 Å².